The van der Waals surface area contributed by atoms with E-state index in [-0.39, 0.29) is 12.5 Å². The molecule has 31 heavy (non-hydrogen) atoms. The fourth-order valence-corrected chi connectivity index (χ4v) is 4.21. The minimum Gasteiger partial charge on any atom is -0.479 e. The molecule has 0 bridgehead atoms. The molecule has 1 aromatic heterocycles. The van der Waals surface area contributed by atoms with Crippen LogP contribution in [0.3, 0.4) is 0 Å². The number of amides is 1. The third-order valence-electron chi connectivity index (χ3n) is 5.67. The maximum Gasteiger partial charge on any atom is 0.410 e. The highest BCUT2D eigenvalue weighted by Gasteiger charge is 2.33. The molecule has 0 saturated carbocycles. The third kappa shape index (κ3) is 3.91. The van der Waals surface area contributed by atoms with Gasteiger partial charge in [0.25, 0.3) is 0 Å². The molecule has 7 heteroatoms. The Morgan fingerprint density at radius 3 is 2.32 bits per heavy atom. The van der Waals surface area contributed by atoms with Crippen LogP contribution in [0.5, 0.6) is 0 Å². The van der Waals surface area contributed by atoms with Gasteiger partial charge >= 0.3 is 12.1 Å². The van der Waals surface area contributed by atoms with Gasteiger partial charge in [0.15, 0.2) is 6.04 Å². The van der Waals surface area contributed by atoms with Gasteiger partial charge in [-0.1, -0.05) is 55.5 Å². The molecule has 1 unspecified atom stereocenters. The number of nitrogens with zero attached hydrogens (tertiary/aromatic N) is 3. The summed E-state index contributed by atoms with van der Waals surface area (Å²) < 4.78 is 7.28. The van der Waals surface area contributed by atoms with Crippen LogP contribution in [0.4, 0.5) is 4.79 Å². The Balaban J connectivity index is 1.50. The van der Waals surface area contributed by atoms with E-state index < -0.39 is 18.1 Å². The maximum atomic E-state index is 12.8. The molecule has 1 atom stereocenters. The lowest BCUT2D eigenvalue weighted by atomic mass is 9.98. The number of fused-ring (bicyclic) bond motifs is 3. The van der Waals surface area contributed by atoms with Crippen LogP contribution in [-0.4, -0.2) is 45.5 Å². The number of carboxylic acids is 1. The first kappa shape index (κ1) is 20.7. The SMILES string of the molecule is CCCn1cc(C(C(=O)O)N(C)C(=O)OCC2c3ccccc3-c3ccccc32)cn1. The second-order valence-corrected chi connectivity index (χ2v) is 7.69. The van der Waals surface area contributed by atoms with Crippen molar-refractivity contribution < 1.29 is 19.4 Å². The maximum absolute atomic E-state index is 12.8. The number of hydrogen-bond acceptors (Lipinski definition) is 4. The van der Waals surface area contributed by atoms with Gasteiger partial charge in [-0.25, -0.2) is 9.59 Å². The van der Waals surface area contributed by atoms with Crippen molar-refractivity contribution in [3.05, 3.63) is 77.6 Å². The summed E-state index contributed by atoms with van der Waals surface area (Å²) in [5.74, 6) is -1.22. The van der Waals surface area contributed by atoms with E-state index in [1.165, 1.54) is 13.2 Å². The molecule has 0 fully saturated rings. The summed E-state index contributed by atoms with van der Waals surface area (Å²) in [6.45, 7) is 2.83. The fraction of sp³-hybridized carbons (Fsp3) is 0.292. The molecule has 2 aromatic carbocycles. The lowest BCUT2D eigenvalue weighted by molar-refractivity contribution is -0.142. The van der Waals surface area contributed by atoms with Crippen LogP contribution in [0.2, 0.25) is 0 Å². The van der Waals surface area contributed by atoms with Gasteiger partial charge in [-0.2, -0.15) is 5.10 Å². The second-order valence-electron chi connectivity index (χ2n) is 7.69. The van der Waals surface area contributed by atoms with Crippen molar-refractivity contribution in [1.82, 2.24) is 14.7 Å². The predicted octanol–water partition coefficient (Wildman–Crippen LogP) is 4.30. The minimum absolute atomic E-state index is 0.0830. The van der Waals surface area contributed by atoms with Crippen molar-refractivity contribution in [3.63, 3.8) is 0 Å². The second kappa shape index (κ2) is 8.63. The molecule has 0 saturated heterocycles. The highest BCUT2D eigenvalue weighted by atomic mass is 16.6. The van der Waals surface area contributed by atoms with Crippen molar-refractivity contribution in [3.8, 4) is 11.1 Å². The lowest BCUT2D eigenvalue weighted by Gasteiger charge is -2.24. The van der Waals surface area contributed by atoms with E-state index in [9.17, 15) is 14.7 Å². The molecule has 4 rings (SSSR count). The zero-order valence-corrected chi connectivity index (χ0v) is 17.6. The van der Waals surface area contributed by atoms with Gasteiger partial charge in [-0.3, -0.25) is 9.58 Å². The van der Waals surface area contributed by atoms with Crippen LogP contribution in [0.1, 0.15) is 42.0 Å². The van der Waals surface area contributed by atoms with Gasteiger partial charge in [-0.15, -0.1) is 0 Å². The summed E-state index contributed by atoms with van der Waals surface area (Å²) in [5.41, 5.74) is 4.93. The molecule has 0 aliphatic heterocycles. The van der Waals surface area contributed by atoms with Gasteiger partial charge in [0, 0.05) is 31.3 Å². The third-order valence-corrected chi connectivity index (χ3v) is 5.67. The van der Waals surface area contributed by atoms with Crippen LogP contribution in [0.15, 0.2) is 60.9 Å². The quantitative estimate of drug-likeness (QED) is 0.617. The Morgan fingerprint density at radius 2 is 1.74 bits per heavy atom. The number of likely N-dealkylation sites (N-methyl/N-ethyl adjacent to an activating group) is 1. The highest BCUT2D eigenvalue weighted by Crippen LogP contribution is 2.44. The van der Waals surface area contributed by atoms with E-state index in [1.54, 1.807) is 10.9 Å². The summed E-state index contributed by atoms with van der Waals surface area (Å²) >= 11 is 0. The van der Waals surface area contributed by atoms with Crippen LogP contribution >= 0.6 is 0 Å². The molecular weight excluding hydrogens is 394 g/mol. The molecule has 1 amide bonds. The summed E-state index contributed by atoms with van der Waals surface area (Å²) in [5, 5.41) is 13.9. The zero-order chi connectivity index (χ0) is 22.0. The summed E-state index contributed by atoms with van der Waals surface area (Å²) in [6.07, 6.45) is 3.34. The number of rotatable bonds is 7. The number of benzene rings is 2. The summed E-state index contributed by atoms with van der Waals surface area (Å²) in [7, 11) is 1.44. The van der Waals surface area contributed by atoms with Crippen molar-refractivity contribution in [2.75, 3.05) is 13.7 Å². The van der Waals surface area contributed by atoms with Gasteiger partial charge in [0.1, 0.15) is 6.61 Å². The topological polar surface area (TPSA) is 84.7 Å². The standard InChI is InChI=1S/C24H25N3O4/c1-3-12-27-14-16(13-25-27)22(23(28)29)26(2)24(30)31-15-21-19-10-6-4-8-17(19)18-9-5-7-11-20(18)21/h4-11,13-14,21-22H,3,12,15H2,1-2H3,(H,28,29). The van der Waals surface area contributed by atoms with Gasteiger partial charge in [0.2, 0.25) is 0 Å². The van der Waals surface area contributed by atoms with Crippen molar-refractivity contribution in [1.29, 1.82) is 0 Å². The number of carboxylic acid groups (broad SMARTS) is 1. The number of carbonyl (C=O) groups is 2. The molecule has 1 aliphatic carbocycles. The van der Waals surface area contributed by atoms with Crippen molar-refractivity contribution in [2.24, 2.45) is 0 Å². The van der Waals surface area contributed by atoms with Crippen molar-refractivity contribution >= 4 is 12.1 Å². The smallest absolute Gasteiger partial charge is 0.410 e. The molecule has 1 N–H and O–H groups in total. The predicted molar refractivity (Wildman–Crippen MR) is 116 cm³/mol. The highest BCUT2D eigenvalue weighted by molar-refractivity contribution is 5.82. The molecule has 1 heterocycles. The Bertz CT molecular complexity index is 1060. The molecular formula is C24H25N3O4. The molecule has 0 radical (unpaired) electrons. The average molecular weight is 419 g/mol. The number of carbonyl (C=O) groups excluding carboxylic acids is 1. The van der Waals surface area contributed by atoms with E-state index >= 15 is 0 Å². The summed E-state index contributed by atoms with van der Waals surface area (Å²) in [6, 6.07) is 15.0. The number of aryl methyl sites for hydroxylation is 1. The Labute approximate surface area is 180 Å². The van der Waals surface area contributed by atoms with E-state index in [4.69, 9.17) is 4.74 Å². The van der Waals surface area contributed by atoms with Crippen LogP contribution in [-0.2, 0) is 16.1 Å². The number of hydrogen-bond donors (Lipinski definition) is 1. The Kier molecular flexibility index (Phi) is 5.75. The fourth-order valence-electron chi connectivity index (χ4n) is 4.21. The van der Waals surface area contributed by atoms with E-state index in [1.807, 2.05) is 43.3 Å². The Morgan fingerprint density at radius 1 is 1.13 bits per heavy atom. The average Bonchev–Trinajstić information content (AvgIpc) is 3.35. The van der Waals surface area contributed by atoms with Gasteiger partial charge in [-0.05, 0) is 28.7 Å². The summed E-state index contributed by atoms with van der Waals surface area (Å²) in [4.78, 5) is 25.8. The minimum atomic E-state index is -1.17. The molecule has 160 valence electrons. The number of ether oxygens (including phenoxy) is 1. The first-order valence-corrected chi connectivity index (χ1v) is 10.3. The largest absolute Gasteiger partial charge is 0.479 e. The molecule has 1 aliphatic rings. The lowest BCUT2D eigenvalue weighted by Crippen LogP contribution is -2.36. The van der Waals surface area contributed by atoms with Gasteiger partial charge < -0.3 is 9.84 Å². The number of aliphatic carboxylic acids is 1. The number of aromatic nitrogens is 2. The van der Waals surface area contributed by atoms with Crippen molar-refractivity contribution in [2.45, 2.75) is 31.8 Å². The van der Waals surface area contributed by atoms with E-state index in [0.717, 1.165) is 33.6 Å². The molecule has 3 aromatic rings. The van der Waals surface area contributed by atoms with E-state index in [2.05, 4.69) is 17.2 Å². The first-order chi connectivity index (χ1) is 15.0. The van der Waals surface area contributed by atoms with E-state index in [0.29, 0.717) is 12.1 Å². The van der Waals surface area contributed by atoms with Gasteiger partial charge in [0.05, 0.1) is 6.20 Å². The zero-order valence-electron chi connectivity index (χ0n) is 17.6. The Hall–Kier alpha value is -3.61. The van der Waals surface area contributed by atoms with Crippen LogP contribution in [0.25, 0.3) is 11.1 Å². The molecule has 0 spiro atoms. The van der Waals surface area contributed by atoms with Crippen LogP contribution in [0, 0.1) is 0 Å². The normalized spacial score (nSPS) is 13.4. The monoisotopic (exact) mass is 419 g/mol. The first-order valence-electron chi connectivity index (χ1n) is 10.3. The van der Waals surface area contributed by atoms with Crippen LogP contribution < -0.4 is 0 Å². The molecule has 7 nitrogen and oxygen atoms in total.